The van der Waals surface area contributed by atoms with Crippen LogP contribution in [0.5, 0.6) is 0 Å². The van der Waals surface area contributed by atoms with E-state index in [9.17, 15) is 19.2 Å². The van der Waals surface area contributed by atoms with E-state index in [0.29, 0.717) is 17.4 Å². The second-order valence-electron chi connectivity index (χ2n) is 3.04. The maximum atomic E-state index is 11.7. The van der Waals surface area contributed by atoms with Crippen molar-refractivity contribution in [3.05, 3.63) is 26.7 Å². The number of aromatic nitrogens is 2. The van der Waals surface area contributed by atoms with Crippen molar-refractivity contribution < 1.29 is 14.0 Å². The van der Waals surface area contributed by atoms with E-state index in [4.69, 9.17) is 4.42 Å². The van der Waals surface area contributed by atoms with Gasteiger partial charge in [0.25, 0.3) is 0 Å². The second-order valence-corrected chi connectivity index (χ2v) is 3.04. The minimum atomic E-state index is -0.961. The zero-order valence-electron chi connectivity index (χ0n) is 9.45. The van der Waals surface area contributed by atoms with E-state index in [1.807, 2.05) is 0 Å². The van der Waals surface area contributed by atoms with Gasteiger partial charge in [-0.15, -0.1) is 0 Å². The molecule has 0 aliphatic rings. The molecule has 1 rings (SSSR count). The van der Waals surface area contributed by atoms with Crippen LogP contribution in [0.2, 0.25) is 0 Å². The van der Waals surface area contributed by atoms with E-state index < -0.39 is 11.4 Å². The number of nitrogens with one attached hydrogen (secondary N) is 2. The first-order valence-electron chi connectivity index (χ1n) is 4.77. The lowest BCUT2D eigenvalue weighted by Gasteiger charge is -2.04. The van der Waals surface area contributed by atoms with Crippen LogP contribution in [-0.2, 0) is 23.3 Å². The molecule has 1 aromatic heterocycles. The van der Waals surface area contributed by atoms with Gasteiger partial charge in [-0.2, -0.15) is 0 Å². The number of carbonyl (C=O) groups is 2. The van der Waals surface area contributed by atoms with Crippen LogP contribution in [-0.4, -0.2) is 28.6 Å². The van der Waals surface area contributed by atoms with Crippen molar-refractivity contribution >= 4 is 12.8 Å². The number of rotatable bonds is 6. The van der Waals surface area contributed by atoms with Gasteiger partial charge in [0.05, 0.1) is 0 Å². The van der Waals surface area contributed by atoms with Crippen molar-refractivity contribution in [1.82, 2.24) is 19.8 Å². The van der Waals surface area contributed by atoms with Gasteiger partial charge in [0, 0.05) is 7.05 Å². The molecule has 98 valence electrons. The number of nitrogens with zero attached hydrogens (tertiary/aromatic N) is 3. The molecular weight excluding hydrogens is 246 g/mol. The van der Waals surface area contributed by atoms with Crippen LogP contribution >= 0.6 is 0 Å². The van der Waals surface area contributed by atoms with Crippen molar-refractivity contribution in [1.29, 1.82) is 0 Å². The predicted octanol–water partition coefficient (Wildman–Crippen LogP) is -3.55. The highest BCUT2D eigenvalue weighted by molar-refractivity contribution is 5.45. The van der Waals surface area contributed by atoms with Crippen LogP contribution < -0.4 is 27.8 Å². The molecule has 0 bridgehead atoms. The largest absolute Gasteiger partial charge is 0.427 e. The number of carbonyl (C=O) groups excluding carboxylic acids is 2. The molecule has 0 unspecified atom stereocenters. The number of amides is 2. The van der Waals surface area contributed by atoms with Gasteiger partial charge in [-0.05, 0) is 0 Å². The highest BCUT2D eigenvalue weighted by Crippen LogP contribution is 1.67. The fourth-order valence-electron chi connectivity index (χ4n) is 1.09. The van der Waals surface area contributed by atoms with Crippen LogP contribution in [0, 0.1) is 0 Å². The molecule has 2 N–H and O–H groups in total. The van der Waals surface area contributed by atoms with Crippen molar-refractivity contribution in [2.75, 3.05) is 6.67 Å². The minimum absolute atomic E-state index is 0.129. The van der Waals surface area contributed by atoms with E-state index >= 15 is 0 Å². The summed E-state index contributed by atoms with van der Waals surface area (Å²) in [6, 6.07) is 0. The summed E-state index contributed by atoms with van der Waals surface area (Å²) in [5.74, 6) is -0.961. The van der Waals surface area contributed by atoms with Gasteiger partial charge in [-0.3, -0.25) is 14.2 Å². The highest BCUT2D eigenvalue weighted by Gasteiger charge is 2.06. The monoisotopic (exact) mass is 257 g/mol. The molecule has 0 spiro atoms. The Kier molecular flexibility index (Phi) is 4.60. The van der Waals surface area contributed by atoms with Crippen molar-refractivity contribution in [3.8, 4) is 0 Å². The zero-order chi connectivity index (χ0) is 13.5. The Balaban J connectivity index is 3.24. The van der Waals surface area contributed by atoms with Gasteiger partial charge in [-0.25, -0.2) is 19.1 Å². The standard InChI is InChI=1S/C8H11N5O5/c1-12-6(11-2-9-4-14)18-8(17)13(7(12)16)3-10-5-15/h4-5H,2-3H2,1H3,(H,9,14)(H,10,15). The Morgan fingerprint density at radius 3 is 2.56 bits per heavy atom. The molecular formula is C8H11N5O5. The Morgan fingerprint density at radius 1 is 1.28 bits per heavy atom. The lowest BCUT2D eigenvalue weighted by atomic mass is 10.8. The first-order chi connectivity index (χ1) is 8.61. The summed E-state index contributed by atoms with van der Waals surface area (Å²) in [5.41, 5.74) is -0.938. The molecule has 0 saturated carbocycles. The van der Waals surface area contributed by atoms with Crippen LogP contribution in [0.1, 0.15) is 0 Å². The minimum Gasteiger partial charge on any atom is -0.375 e. The third-order valence-electron chi connectivity index (χ3n) is 1.93. The van der Waals surface area contributed by atoms with Crippen LogP contribution in [0.3, 0.4) is 0 Å². The van der Waals surface area contributed by atoms with Crippen LogP contribution in [0.15, 0.2) is 19.0 Å². The van der Waals surface area contributed by atoms with Crippen molar-refractivity contribution in [2.45, 2.75) is 6.67 Å². The summed E-state index contributed by atoms with van der Waals surface area (Å²) < 4.78 is 6.41. The lowest BCUT2D eigenvalue weighted by Crippen LogP contribution is -2.47. The molecule has 0 aromatic carbocycles. The Hall–Kier alpha value is -2.65. The van der Waals surface area contributed by atoms with Crippen molar-refractivity contribution in [3.63, 3.8) is 0 Å². The first kappa shape index (κ1) is 13.4. The molecule has 0 aliphatic carbocycles. The van der Waals surface area contributed by atoms with E-state index in [0.717, 1.165) is 4.57 Å². The molecule has 2 amide bonds. The number of hydrogen-bond donors (Lipinski definition) is 2. The summed E-state index contributed by atoms with van der Waals surface area (Å²) in [6.07, 6.45) is 0.759. The zero-order valence-corrected chi connectivity index (χ0v) is 9.45. The summed E-state index contributed by atoms with van der Waals surface area (Å²) in [7, 11) is 1.34. The Morgan fingerprint density at radius 2 is 1.94 bits per heavy atom. The van der Waals surface area contributed by atoms with Gasteiger partial charge in [0.2, 0.25) is 12.8 Å². The predicted molar refractivity (Wildman–Crippen MR) is 57.0 cm³/mol. The van der Waals surface area contributed by atoms with Gasteiger partial charge < -0.3 is 15.1 Å². The van der Waals surface area contributed by atoms with Gasteiger partial charge in [-0.1, -0.05) is 0 Å². The maximum Gasteiger partial charge on any atom is 0.427 e. The van der Waals surface area contributed by atoms with E-state index in [1.54, 1.807) is 0 Å². The smallest absolute Gasteiger partial charge is 0.375 e. The normalized spacial score (nSPS) is 11.1. The molecule has 1 heterocycles. The molecule has 0 saturated heterocycles. The Labute approximate surface area is 99.6 Å². The number of hydrogen-bond acceptors (Lipinski definition) is 6. The average molecular weight is 257 g/mol. The van der Waals surface area contributed by atoms with Gasteiger partial charge >= 0.3 is 17.1 Å². The fourth-order valence-corrected chi connectivity index (χ4v) is 1.09. The molecule has 0 aliphatic heterocycles. The van der Waals surface area contributed by atoms with Gasteiger partial charge in [0.1, 0.15) is 13.3 Å². The molecule has 0 fully saturated rings. The molecule has 1 aromatic rings. The third-order valence-corrected chi connectivity index (χ3v) is 1.93. The summed E-state index contributed by atoms with van der Waals surface area (Å²) >= 11 is 0. The molecule has 0 atom stereocenters. The van der Waals surface area contributed by atoms with Crippen LogP contribution in [0.25, 0.3) is 0 Å². The summed E-state index contributed by atoms with van der Waals surface area (Å²) in [5, 5.41) is 4.39. The van der Waals surface area contributed by atoms with Gasteiger partial charge in [0.15, 0.2) is 0 Å². The Bertz CT molecular complexity index is 610. The average Bonchev–Trinajstić information content (AvgIpc) is 2.35. The molecule has 18 heavy (non-hydrogen) atoms. The lowest BCUT2D eigenvalue weighted by molar-refractivity contribution is -0.110. The van der Waals surface area contributed by atoms with Crippen molar-refractivity contribution in [2.24, 2.45) is 12.0 Å². The molecule has 10 heteroatoms. The van der Waals surface area contributed by atoms with E-state index in [1.165, 1.54) is 7.05 Å². The summed E-state index contributed by atoms with van der Waals surface area (Å²) in [4.78, 5) is 46.9. The van der Waals surface area contributed by atoms with E-state index in [-0.39, 0.29) is 19.0 Å². The first-order valence-corrected chi connectivity index (χ1v) is 4.77. The maximum absolute atomic E-state index is 11.7. The molecule has 0 radical (unpaired) electrons. The third kappa shape index (κ3) is 2.93. The summed E-state index contributed by atoms with van der Waals surface area (Å²) in [6.45, 7) is -0.429. The topological polar surface area (TPSA) is 128 Å². The quantitative estimate of drug-likeness (QED) is 0.403. The highest BCUT2D eigenvalue weighted by atomic mass is 16.4. The fraction of sp³-hybridized carbons (Fsp3) is 0.375. The van der Waals surface area contributed by atoms with Crippen LogP contribution in [0.4, 0.5) is 0 Å². The second kappa shape index (κ2) is 6.18. The molecule has 10 nitrogen and oxygen atoms in total. The SMILES string of the molecule is Cn1c(=NCNC=O)oc(=O)n(CNC=O)c1=O. The van der Waals surface area contributed by atoms with E-state index in [2.05, 4.69) is 15.6 Å².